The average Bonchev–Trinajstić information content (AvgIpc) is 2.86. The monoisotopic (exact) mass is 245 g/mol. The highest BCUT2D eigenvalue weighted by Crippen LogP contribution is 2.29. The summed E-state index contributed by atoms with van der Waals surface area (Å²) in [4.78, 5) is 3.51. The minimum absolute atomic E-state index is 1.15. The van der Waals surface area contributed by atoms with Crippen molar-refractivity contribution in [1.29, 1.82) is 0 Å². The Morgan fingerprint density at radius 1 is 0.842 bits per heavy atom. The first-order chi connectivity index (χ1) is 9.42. The molecule has 0 saturated heterocycles. The summed E-state index contributed by atoms with van der Waals surface area (Å²) in [6, 6.07) is 15.2. The molecule has 1 aliphatic rings. The number of para-hydroxylation sites is 1. The van der Waals surface area contributed by atoms with Gasteiger partial charge < -0.3 is 4.98 Å². The maximum atomic E-state index is 3.51. The molecule has 0 fully saturated rings. The molecule has 0 radical (unpaired) electrons. The Kier molecular flexibility index (Phi) is 2.31. The summed E-state index contributed by atoms with van der Waals surface area (Å²) < 4.78 is 0. The standard InChI is InChI=1S/C18H15N/c1-2-6-13(7-3-1)14-10-11-16-15-8-4-5-9-17(15)19-18(16)12-14/h2,4-12,19H,1,3H2. The fourth-order valence-corrected chi connectivity index (χ4v) is 2.86. The Labute approximate surface area is 112 Å². The van der Waals surface area contributed by atoms with Crippen LogP contribution in [0.1, 0.15) is 18.4 Å². The molecule has 2 aromatic carbocycles. The van der Waals surface area contributed by atoms with Crippen LogP contribution in [0.3, 0.4) is 0 Å². The molecule has 0 unspecified atom stereocenters. The molecule has 19 heavy (non-hydrogen) atoms. The molecule has 1 aliphatic carbocycles. The largest absolute Gasteiger partial charge is 0.354 e. The van der Waals surface area contributed by atoms with Crippen LogP contribution < -0.4 is 0 Å². The number of H-pyrrole nitrogens is 1. The van der Waals surface area contributed by atoms with Crippen molar-refractivity contribution in [2.75, 3.05) is 0 Å². The van der Waals surface area contributed by atoms with E-state index in [1.807, 2.05) is 0 Å². The Bertz CT molecular complexity index is 818. The molecule has 1 N–H and O–H groups in total. The lowest BCUT2D eigenvalue weighted by Crippen LogP contribution is -1.85. The third-order valence-corrected chi connectivity index (χ3v) is 3.83. The molecule has 1 heterocycles. The van der Waals surface area contributed by atoms with Crippen LogP contribution in [0.4, 0.5) is 0 Å². The molecule has 0 aliphatic heterocycles. The summed E-state index contributed by atoms with van der Waals surface area (Å²) in [6.07, 6.45) is 9.12. The van der Waals surface area contributed by atoms with Gasteiger partial charge in [-0.25, -0.2) is 0 Å². The van der Waals surface area contributed by atoms with Gasteiger partial charge in [-0.2, -0.15) is 0 Å². The second-order valence-electron chi connectivity index (χ2n) is 5.07. The van der Waals surface area contributed by atoms with E-state index in [1.54, 1.807) is 0 Å². The highest BCUT2D eigenvalue weighted by molar-refractivity contribution is 6.07. The predicted octanol–water partition coefficient (Wildman–Crippen LogP) is 5.05. The van der Waals surface area contributed by atoms with Gasteiger partial charge in [-0.05, 0) is 36.1 Å². The first kappa shape index (κ1) is 10.6. The first-order valence-electron chi connectivity index (χ1n) is 6.79. The average molecular weight is 245 g/mol. The van der Waals surface area contributed by atoms with Crippen LogP contribution >= 0.6 is 0 Å². The molecular weight excluding hydrogens is 230 g/mol. The van der Waals surface area contributed by atoms with E-state index >= 15 is 0 Å². The van der Waals surface area contributed by atoms with Crippen LogP contribution in [0.2, 0.25) is 0 Å². The molecule has 1 aromatic heterocycles. The third-order valence-electron chi connectivity index (χ3n) is 3.83. The quantitative estimate of drug-likeness (QED) is 0.617. The Morgan fingerprint density at radius 3 is 2.63 bits per heavy atom. The van der Waals surface area contributed by atoms with Crippen molar-refractivity contribution in [3.8, 4) is 0 Å². The molecule has 1 nitrogen and oxygen atoms in total. The molecule has 0 saturated carbocycles. The SMILES string of the molecule is C1=CC(c2ccc3c(c2)[nH]c2ccccc23)=CCC1. The van der Waals surface area contributed by atoms with Gasteiger partial charge in [0.1, 0.15) is 0 Å². The number of hydrogen-bond acceptors (Lipinski definition) is 0. The van der Waals surface area contributed by atoms with Crippen molar-refractivity contribution < 1.29 is 0 Å². The summed E-state index contributed by atoms with van der Waals surface area (Å²) in [7, 11) is 0. The van der Waals surface area contributed by atoms with Crippen LogP contribution in [-0.4, -0.2) is 4.98 Å². The lowest BCUT2D eigenvalue weighted by atomic mass is 9.98. The van der Waals surface area contributed by atoms with Gasteiger partial charge in [0.2, 0.25) is 0 Å². The number of allylic oxidation sites excluding steroid dienone is 4. The summed E-state index contributed by atoms with van der Waals surface area (Å²) in [5.41, 5.74) is 5.07. The van der Waals surface area contributed by atoms with Crippen LogP contribution in [0.5, 0.6) is 0 Å². The van der Waals surface area contributed by atoms with E-state index in [1.165, 1.54) is 32.9 Å². The predicted molar refractivity (Wildman–Crippen MR) is 82.2 cm³/mol. The van der Waals surface area contributed by atoms with Crippen LogP contribution in [0.15, 0.2) is 60.7 Å². The third kappa shape index (κ3) is 1.70. The Morgan fingerprint density at radius 2 is 1.74 bits per heavy atom. The zero-order valence-electron chi connectivity index (χ0n) is 10.7. The first-order valence-corrected chi connectivity index (χ1v) is 6.79. The normalized spacial score (nSPS) is 15.1. The maximum absolute atomic E-state index is 3.51. The zero-order valence-corrected chi connectivity index (χ0v) is 10.7. The number of aromatic amines is 1. The fourth-order valence-electron chi connectivity index (χ4n) is 2.86. The molecule has 0 bridgehead atoms. The summed E-state index contributed by atoms with van der Waals surface area (Å²) in [6.45, 7) is 0. The van der Waals surface area contributed by atoms with E-state index in [9.17, 15) is 0 Å². The van der Waals surface area contributed by atoms with Crippen molar-refractivity contribution in [2.24, 2.45) is 0 Å². The molecule has 0 atom stereocenters. The fraction of sp³-hybridized carbons (Fsp3) is 0.111. The van der Waals surface area contributed by atoms with Gasteiger partial charge in [0.05, 0.1) is 0 Å². The molecule has 0 spiro atoms. The van der Waals surface area contributed by atoms with Crippen LogP contribution in [-0.2, 0) is 0 Å². The number of aromatic nitrogens is 1. The Balaban J connectivity index is 1.94. The smallest absolute Gasteiger partial charge is 0.0471 e. The molecule has 92 valence electrons. The summed E-state index contributed by atoms with van der Waals surface area (Å²) in [5.74, 6) is 0. The van der Waals surface area contributed by atoms with E-state index in [2.05, 4.69) is 65.7 Å². The lowest BCUT2D eigenvalue weighted by molar-refractivity contribution is 1.04. The van der Waals surface area contributed by atoms with E-state index in [-0.39, 0.29) is 0 Å². The molecule has 0 amide bonds. The van der Waals surface area contributed by atoms with E-state index in [4.69, 9.17) is 0 Å². The van der Waals surface area contributed by atoms with Gasteiger partial charge in [0, 0.05) is 21.8 Å². The molecule has 1 heteroatoms. The Hall–Kier alpha value is -2.28. The zero-order chi connectivity index (χ0) is 12.7. The minimum Gasteiger partial charge on any atom is -0.354 e. The van der Waals surface area contributed by atoms with Gasteiger partial charge >= 0.3 is 0 Å². The second-order valence-corrected chi connectivity index (χ2v) is 5.07. The van der Waals surface area contributed by atoms with Crippen molar-refractivity contribution in [3.63, 3.8) is 0 Å². The van der Waals surface area contributed by atoms with Gasteiger partial charge in [-0.15, -0.1) is 0 Å². The van der Waals surface area contributed by atoms with Crippen molar-refractivity contribution in [1.82, 2.24) is 4.98 Å². The lowest BCUT2D eigenvalue weighted by Gasteiger charge is -2.07. The molecule has 3 aromatic rings. The highest BCUT2D eigenvalue weighted by Gasteiger charge is 2.06. The summed E-state index contributed by atoms with van der Waals surface area (Å²) >= 11 is 0. The number of nitrogens with one attached hydrogen (secondary N) is 1. The van der Waals surface area contributed by atoms with Crippen molar-refractivity contribution >= 4 is 27.4 Å². The number of rotatable bonds is 1. The van der Waals surface area contributed by atoms with Gasteiger partial charge in [0.25, 0.3) is 0 Å². The minimum atomic E-state index is 1.15. The topological polar surface area (TPSA) is 15.8 Å². The van der Waals surface area contributed by atoms with Gasteiger partial charge in [-0.3, -0.25) is 0 Å². The van der Waals surface area contributed by atoms with E-state index < -0.39 is 0 Å². The van der Waals surface area contributed by atoms with E-state index in [0.29, 0.717) is 0 Å². The highest BCUT2D eigenvalue weighted by atomic mass is 14.7. The van der Waals surface area contributed by atoms with Crippen molar-refractivity contribution in [2.45, 2.75) is 12.8 Å². The molecule has 4 rings (SSSR count). The number of fused-ring (bicyclic) bond motifs is 3. The molecular formula is C18H15N. The maximum Gasteiger partial charge on any atom is 0.0471 e. The van der Waals surface area contributed by atoms with Crippen LogP contribution in [0.25, 0.3) is 27.4 Å². The second kappa shape index (κ2) is 4.13. The van der Waals surface area contributed by atoms with Gasteiger partial charge in [-0.1, -0.05) is 48.6 Å². The number of hydrogen-bond donors (Lipinski definition) is 1. The number of benzene rings is 2. The van der Waals surface area contributed by atoms with Gasteiger partial charge in [0.15, 0.2) is 0 Å². The van der Waals surface area contributed by atoms with E-state index in [0.717, 1.165) is 12.8 Å². The summed E-state index contributed by atoms with van der Waals surface area (Å²) in [5, 5.41) is 2.61. The van der Waals surface area contributed by atoms with Crippen molar-refractivity contribution in [3.05, 3.63) is 66.3 Å². The van der Waals surface area contributed by atoms with Crippen LogP contribution in [0, 0.1) is 0 Å².